The zero-order chi connectivity index (χ0) is 13.6. The molecule has 5 heteroatoms. The second-order valence-corrected chi connectivity index (χ2v) is 8.96. The van der Waals surface area contributed by atoms with Gasteiger partial charge in [0.25, 0.3) is 0 Å². The monoisotopic (exact) mass is 270 g/mol. The Labute approximate surface area is 110 Å². The molecule has 1 aliphatic heterocycles. The maximum Gasteiger partial charge on any atom is 0.151 e. The standard InChI is InChI=1S/C13H22N2O2S/c1-12(2)4-6-15(7-5-12)10-13(9-14)8-11(13)18(3,16)17/h11H,4-8,10H2,1-3H3. The van der Waals surface area contributed by atoms with E-state index in [-0.39, 0.29) is 0 Å². The Morgan fingerprint density at radius 3 is 2.28 bits per heavy atom. The first-order valence-corrected chi connectivity index (χ1v) is 8.47. The van der Waals surface area contributed by atoms with Crippen molar-refractivity contribution < 1.29 is 8.42 Å². The van der Waals surface area contributed by atoms with E-state index in [0.29, 0.717) is 18.4 Å². The molecule has 1 aliphatic carbocycles. The Hall–Kier alpha value is -0.600. The minimum absolute atomic E-state index is 0.385. The normalized spacial score (nSPS) is 36.0. The predicted octanol–water partition coefficient (Wildman–Crippen LogP) is 1.44. The maximum absolute atomic E-state index is 11.5. The van der Waals surface area contributed by atoms with E-state index < -0.39 is 20.5 Å². The van der Waals surface area contributed by atoms with E-state index in [2.05, 4.69) is 24.8 Å². The van der Waals surface area contributed by atoms with Crippen molar-refractivity contribution in [3.63, 3.8) is 0 Å². The molecule has 2 rings (SSSR count). The summed E-state index contributed by atoms with van der Waals surface area (Å²) in [6, 6.07) is 2.26. The summed E-state index contributed by atoms with van der Waals surface area (Å²) >= 11 is 0. The van der Waals surface area contributed by atoms with E-state index in [0.717, 1.165) is 25.9 Å². The highest BCUT2D eigenvalue weighted by Gasteiger charge is 2.61. The number of nitrogens with zero attached hydrogens (tertiary/aromatic N) is 2. The summed E-state index contributed by atoms with van der Waals surface area (Å²) in [6.07, 6.45) is 4.01. The van der Waals surface area contributed by atoms with E-state index in [9.17, 15) is 13.7 Å². The molecule has 0 radical (unpaired) electrons. The zero-order valence-electron chi connectivity index (χ0n) is 11.4. The summed E-state index contributed by atoms with van der Waals surface area (Å²) in [5, 5.41) is 8.84. The average Bonchev–Trinajstić information content (AvgIpc) is 2.97. The molecule has 1 saturated heterocycles. The van der Waals surface area contributed by atoms with Crippen molar-refractivity contribution in [2.45, 2.75) is 38.4 Å². The van der Waals surface area contributed by atoms with Crippen LogP contribution in [0.15, 0.2) is 0 Å². The minimum Gasteiger partial charge on any atom is -0.302 e. The fraction of sp³-hybridized carbons (Fsp3) is 0.923. The molecule has 2 unspecified atom stereocenters. The van der Waals surface area contributed by atoms with Crippen LogP contribution in [0, 0.1) is 22.2 Å². The van der Waals surface area contributed by atoms with Crippen LogP contribution in [-0.2, 0) is 9.84 Å². The van der Waals surface area contributed by atoms with Crippen molar-refractivity contribution in [3.8, 4) is 6.07 Å². The molecule has 0 N–H and O–H groups in total. The van der Waals surface area contributed by atoms with Crippen molar-refractivity contribution in [2.75, 3.05) is 25.9 Å². The van der Waals surface area contributed by atoms with Crippen LogP contribution in [0.25, 0.3) is 0 Å². The van der Waals surface area contributed by atoms with Crippen LogP contribution in [0.1, 0.15) is 33.1 Å². The number of likely N-dealkylation sites (tertiary alicyclic amines) is 1. The third kappa shape index (κ3) is 2.70. The van der Waals surface area contributed by atoms with Gasteiger partial charge in [0.2, 0.25) is 0 Å². The summed E-state index contributed by atoms with van der Waals surface area (Å²) in [4.78, 5) is 2.26. The lowest BCUT2D eigenvalue weighted by molar-refractivity contribution is 0.121. The first kappa shape index (κ1) is 13.8. The van der Waals surface area contributed by atoms with Crippen LogP contribution in [0.2, 0.25) is 0 Å². The Kier molecular flexibility index (Phi) is 3.23. The topological polar surface area (TPSA) is 61.2 Å². The summed E-state index contributed by atoms with van der Waals surface area (Å²) in [7, 11) is -3.07. The van der Waals surface area contributed by atoms with Gasteiger partial charge in [-0.25, -0.2) is 8.42 Å². The van der Waals surface area contributed by atoms with Gasteiger partial charge in [-0.1, -0.05) is 13.8 Å². The fourth-order valence-electron chi connectivity index (χ4n) is 2.87. The van der Waals surface area contributed by atoms with Crippen molar-refractivity contribution in [1.29, 1.82) is 5.26 Å². The first-order chi connectivity index (χ1) is 8.19. The van der Waals surface area contributed by atoms with Crippen LogP contribution in [0.4, 0.5) is 0 Å². The second-order valence-electron chi connectivity index (χ2n) is 6.73. The molecular weight excluding hydrogens is 248 g/mol. The Morgan fingerprint density at radius 1 is 1.33 bits per heavy atom. The lowest BCUT2D eigenvalue weighted by Gasteiger charge is -2.37. The van der Waals surface area contributed by atoms with E-state index in [1.807, 2.05) is 0 Å². The van der Waals surface area contributed by atoms with Crippen LogP contribution < -0.4 is 0 Å². The van der Waals surface area contributed by atoms with Crippen LogP contribution in [0.3, 0.4) is 0 Å². The molecule has 102 valence electrons. The molecule has 0 spiro atoms. The highest BCUT2D eigenvalue weighted by atomic mass is 32.2. The maximum atomic E-state index is 11.5. The molecule has 4 nitrogen and oxygen atoms in total. The van der Waals surface area contributed by atoms with Crippen molar-refractivity contribution in [3.05, 3.63) is 0 Å². The zero-order valence-corrected chi connectivity index (χ0v) is 12.3. The molecule has 0 bridgehead atoms. The third-order valence-corrected chi connectivity index (χ3v) is 6.11. The van der Waals surface area contributed by atoms with Crippen molar-refractivity contribution in [2.24, 2.45) is 10.8 Å². The van der Waals surface area contributed by atoms with Gasteiger partial charge < -0.3 is 4.90 Å². The Morgan fingerprint density at radius 2 is 1.89 bits per heavy atom. The van der Waals surface area contributed by atoms with Crippen molar-refractivity contribution >= 4 is 9.84 Å². The predicted molar refractivity (Wildman–Crippen MR) is 70.7 cm³/mol. The summed E-state index contributed by atoms with van der Waals surface area (Å²) in [5.41, 5.74) is -0.245. The van der Waals surface area contributed by atoms with Crippen molar-refractivity contribution in [1.82, 2.24) is 4.90 Å². The molecular formula is C13H22N2O2S. The first-order valence-electron chi connectivity index (χ1n) is 6.51. The average molecular weight is 270 g/mol. The Balaban J connectivity index is 1.97. The molecule has 1 heterocycles. The van der Waals surface area contributed by atoms with Crippen LogP contribution in [0.5, 0.6) is 0 Å². The number of piperidine rings is 1. The van der Waals surface area contributed by atoms with Gasteiger partial charge in [0.1, 0.15) is 0 Å². The number of sulfone groups is 1. The fourth-order valence-corrected chi connectivity index (χ4v) is 4.41. The number of rotatable bonds is 3. The molecule has 18 heavy (non-hydrogen) atoms. The number of hydrogen-bond acceptors (Lipinski definition) is 4. The molecule has 2 fully saturated rings. The second kappa shape index (κ2) is 4.21. The lowest BCUT2D eigenvalue weighted by Crippen LogP contribution is -2.41. The van der Waals surface area contributed by atoms with Gasteiger partial charge in [-0.15, -0.1) is 0 Å². The van der Waals surface area contributed by atoms with Gasteiger partial charge in [0.05, 0.1) is 16.7 Å². The Bertz CT molecular complexity index is 468. The van der Waals surface area contributed by atoms with E-state index >= 15 is 0 Å². The molecule has 0 aromatic heterocycles. The lowest BCUT2D eigenvalue weighted by atomic mass is 9.82. The molecule has 2 atom stereocenters. The molecule has 2 aliphatic rings. The quantitative estimate of drug-likeness (QED) is 0.778. The smallest absolute Gasteiger partial charge is 0.151 e. The van der Waals surface area contributed by atoms with Gasteiger partial charge in [0, 0.05) is 12.8 Å². The minimum atomic E-state index is -3.07. The number of hydrogen-bond donors (Lipinski definition) is 0. The van der Waals surface area contributed by atoms with E-state index in [4.69, 9.17) is 0 Å². The highest BCUT2D eigenvalue weighted by Crippen LogP contribution is 2.51. The third-order valence-electron chi connectivity index (χ3n) is 4.46. The molecule has 0 aromatic rings. The molecule has 0 amide bonds. The van der Waals surface area contributed by atoms with Crippen LogP contribution in [-0.4, -0.2) is 44.5 Å². The number of nitriles is 1. The van der Waals surface area contributed by atoms with Crippen LogP contribution >= 0.6 is 0 Å². The summed E-state index contributed by atoms with van der Waals surface area (Å²) in [6.45, 7) is 7.11. The van der Waals surface area contributed by atoms with Gasteiger partial charge in [0.15, 0.2) is 9.84 Å². The molecule has 1 saturated carbocycles. The molecule has 0 aromatic carbocycles. The van der Waals surface area contributed by atoms with Gasteiger partial charge in [-0.3, -0.25) is 0 Å². The SMILES string of the molecule is CC1(C)CCN(CC2(C#N)CC2S(C)(=O)=O)CC1. The highest BCUT2D eigenvalue weighted by molar-refractivity contribution is 7.91. The van der Waals surface area contributed by atoms with E-state index in [1.54, 1.807) is 0 Å². The summed E-state index contributed by atoms with van der Waals surface area (Å²) in [5.74, 6) is 0. The summed E-state index contributed by atoms with van der Waals surface area (Å²) < 4.78 is 23.1. The van der Waals surface area contributed by atoms with Gasteiger partial charge in [-0.05, 0) is 37.8 Å². The largest absolute Gasteiger partial charge is 0.302 e. The van der Waals surface area contributed by atoms with Gasteiger partial charge in [-0.2, -0.15) is 5.26 Å². The van der Waals surface area contributed by atoms with E-state index in [1.165, 1.54) is 6.26 Å². The van der Waals surface area contributed by atoms with Gasteiger partial charge >= 0.3 is 0 Å².